The SMILES string of the molecule is CC(C)(C)c1ccc(-c2ccc(CC(=O)Cc3ccc(Cl)c(Cl)c3)c(C(=O)O)c2)cc1. The van der Waals surface area contributed by atoms with Crippen molar-refractivity contribution in [2.24, 2.45) is 0 Å². The van der Waals surface area contributed by atoms with Crippen molar-refractivity contribution in [1.82, 2.24) is 0 Å². The van der Waals surface area contributed by atoms with E-state index < -0.39 is 5.97 Å². The number of rotatable bonds is 6. The second kappa shape index (κ2) is 9.25. The molecule has 1 N–H and O–H groups in total. The Morgan fingerprint density at radius 2 is 1.45 bits per heavy atom. The van der Waals surface area contributed by atoms with E-state index in [2.05, 4.69) is 32.9 Å². The Bertz CT molecular complexity index is 1130. The second-order valence-electron chi connectivity index (χ2n) is 8.65. The summed E-state index contributed by atoms with van der Waals surface area (Å²) < 4.78 is 0. The molecule has 0 aliphatic heterocycles. The maximum absolute atomic E-state index is 12.6. The van der Waals surface area contributed by atoms with Gasteiger partial charge in [0.05, 0.1) is 15.6 Å². The summed E-state index contributed by atoms with van der Waals surface area (Å²) in [5.41, 5.74) is 4.37. The van der Waals surface area contributed by atoms with Crippen molar-refractivity contribution in [2.75, 3.05) is 0 Å². The largest absolute Gasteiger partial charge is 0.478 e. The van der Waals surface area contributed by atoms with E-state index in [1.54, 1.807) is 30.3 Å². The number of Topliss-reactive ketones (excluding diaryl/α,β-unsaturated/α-hetero) is 1. The number of hydrogen-bond acceptors (Lipinski definition) is 2. The van der Waals surface area contributed by atoms with Crippen molar-refractivity contribution in [3.8, 4) is 11.1 Å². The predicted molar refractivity (Wildman–Crippen MR) is 126 cm³/mol. The lowest BCUT2D eigenvalue weighted by molar-refractivity contribution is -0.117. The zero-order valence-electron chi connectivity index (χ0n) is 17.7. The molecule has 0 saturated heterocycles. The number of hydrogen-bond donors (Lipinski definition) is 1. The van der Waals surface area contributed by atoms with Gasteiger partial charge in [0.2, 0.25) is 0 Å². The molecule has 0 amide bonds. The smallest absolute Gasteiger partial charge is 0.335 e. The molecule has 0 radical (unpaired) electrons. The van der Waals surface area contributed by atoms with Gasteiger partial charge >= 0.3 is 5.97 Å². The van der Waals surface area contributed by atoms with E-state index in [4.69, 9.17) is 23.2 Å². The van der Waals surface area contributed by atoms with Gasteiger partial charge in [-0.25, -0.2) is 4.79 Å². The molecule has 0 aliphatic rings. The van der Waals surface area contributed by atoms with Gasteiger partial charge in [0.1, 0.15) is 5.78 Å². The van der Waals surface area contributed by atoms with E-state index in [0.717, 1.165) is 16.7 Å². The highest BCUT2D eigenvalue weighted by Gasteiger charge is 2.17. The van der Waals surface area contributed by atoms with Crippen molar-refractivity contribution in [1.29, 1.82) is 0 Å². The van der Waals surface area contributed by atoms with Crippen LogP contribution in [0.15, 0.2) is 60.7 Å². The summed E-state index contributed by atoms with van der Waals surface area (Å²) in [6.45, 7) is 6.44. The van der Waals surface area contributed by atoms with Crippen LogP contribution >= 0.6 is 23.2 Å². The molecule has 3 rings (SSSR count). The van der Waals surface area contributed by atoms with E-state index in [-0.39, 0.29) is 29.6 Å². The van der Waals surface area contributed by atoms with Gasteiger partial charge in [0, 0.05) is 12.8 Å². The molecule has 0 unspecified atom stereocenters. The summed E-state index contributed by atoms with van der Waals surface area (Å²) in [7, 11) is 0. The molecule has 0 aromatic heterocycles. The summed E-state index contributed by atoms with van der Waals surface area (Å²) in [6, 6.07) is 18.4. The lowest BCUT2D eigenvalue weighted by Crippen LogP contribution is -2.11. The molecule has 0 bridgehead atoms. The standard InChI is InChI=1S/C26H24Cl2O3/c1-26(2,3)20-9-7-17(8-10-20)18-5-6-19(22(15-18)25(30)31)14-21(29)12-16-4-11-23(27)24(28)13-16/h4-11,13,15H,12,14H2,1-3H3,(H,30,31). The van der Waals surface area contributed by atoms with Gasteiger partial charge in [-0.15, -0.1) is 0 Å². The number of carbonyl (C=O) groups is 2. The van der Waals surface area contributed by atoms with E-state index >= 15 is 0 Å². The average Bonchev–Trinajstić information content (AvgIpc) is 2.70. The number of ketones is 1. The second-order valence-corrected chi connectivity index (χ2v) is 9.46. The number of aromatic carboxylic acids is 1. The highest BCUT2D eigenvalue weighted by molar-refractivity contribution is 6.42. The Labute approximate surface area is 192 Å². The van der Waals surface area contributed by atoms with E-state index in [0.29, 0.717) is 15.6 Å². The molecule has 0 spiro atoms. The molecule has 3 nitrogen and oxygen atoms in total. The summed E-state index contributed by atoms with van der Waals surface area (Å²) in [6.07, 6.45) is 0.192. The van der Waals surface area contributed by atoms with Gasteiger partial charge in [-0.3, -0.25) is 4.79 Å². The Hall–Kier alpha value is -2.62. The predicted octanol–water partition coefficient (Wildman–Crippen LogP) is 7.01. The van der Waals surface area contributed by atoms with Gasteiger partial charge in [-0.2, -0.15) is 0 Å². The third-order valence-corrected chi connectivity index (χ3v) is 5.94. The fraction of sp³-hybridized carbons (Fsp3) is 0.231. The van der Waals surface area contributed by atoms with Crippen LogP contribution in [0.3, 0.4) is 0 Å². The molecular formula is C26H24Cl2O3. The fourth-order valence-electron chi connectivity index (χ4n) is 3.42. The number of carbonyl (C=O) groups excluding carboxylic acids is 1. The van der Waals surface area contributed by atoms with E-state index in [1.807, 2.05) is 18.2 Å². The van der Waals surface area contributed by atoms with Crippen molar-refractivity contribution in [3.63, 3.8) is 0 Å². The summed E-state index contributed by atoms with van der Waals surface area (Å²) in [5.74, 6) is -1.14. The Balaban J connectivity index is 1.82. The first kappa shape index (κ1) is 23.1. The number of carboxylic acids is 1. The molecule has 160 valence electrons. The Kier molecular flexibility index (Phi) is 6.88. The first-order valence-corrected chi connectivity index (χ1v) is 10.7. The zero-order chi connectivity index (χ0) is 22.8. The van der Waals surface area contributed by atoms with Crippen molar-refractivity contribution < 1.29 is 14.7 Å². The molecule has 31 heavy (non-hydrogen) atoms. The average molecular weight is 455 g/mol. The third-order valence-electron chi connectivity index (χ3n) is 5.20. The molecule has 0 saturated carbocycles. The van der Waals surface area contributed by atoms with Crippen LogP contribution in [0, 0.1) is 0 Å². The van der Waals surface area contributed by atoms with Gasteiger partial charge < -0.3 is 5.11 Å². The number of carboxylic acid groups (broad SMARTS) is 1. The molecule has 0 aliphatic carbocycles. The highest BCUT2D eigenvalue weighted by atomic mass is 35.5. The first-order chi connectivity index (χ1) is 14.5. The molecule has 3 aromatic carbocycles. The van der Waals surface area contributed by atoms with Gasteiger partial charge in [0.25, 0.3) is 0 Å². The van der Waals surface area contributed by atoms with Crippen LogP contribution in [0.25, 0.3) is 11.1 Å². The molecule has 3 aromatic rings. The first-order valence-electron chi connectivity index (χ1n) is 9.97. The van der Waals surface area contributed by atoms with Crippen LogP contribution < -0.4 is 0 Å². The minimum absolute atomic E-state index is 0.0329. The van der Waals surface area contributed by atoms with E-state index in [9.17, 15) is 14.7 Å². The molecule has 0 heterocycles. The van der Waals surface area contributed by atoms with Crippen molar-refractivity contribution in [3.05, 3.63) is 93.0 Å². The topological polar surface area (TPSA) is 54.4 Å². The summed E-state index contributed by atoms with van der Waals surface area (Å²) >= 11 is 11.9. The Morgan fingerprint density at radius 3 is 2.03 bits per heavy atom. The molecule has 0 fully saturated rings. The van der Waals surface area contributed by atoms with Crippen LogP contribution in [-0.4, -0.2) is 16.9 Å². The normalized spacial score (nSPS) is 11.4. The van der Waals surface area contributed by atoms with Crippen LogP contribution in [0.5, 0.6) is 0 Å². The van der Waals surface area contributed by atoms with Crippen LogP contribution in [0.4, 0.5) is 0 Å². The molecular weight excluding hydrogens is 431 g/mol. The number of halogens is 2. The monoisotopic (exact) mass is 454 g/mol. The minimum atomic E-state index is -1.05. The minimum Gasteiger partial charge on any atom is -0.478 e. The van der Waals surface area contributed by atoms with Crippen molar-refractivity contribution in [2.45, 2.75) is 39.0 Å². The third kappa shape index (κ3) is 5.75. The maximum Gasteiger partial charge on any atom is 0.335 e. The summed E-state index contributed by atoms with van der Waals surface area (Å²) in [5, 5.41) is 10.5. The summed E-state index contributed by atoms with van der Waals surface area (Å²) in [4.78, 5) is 24.4. The van der Waals surface area contributed by atoms with Gasteiger partial charge in [-0.1, -0.05) is 86.4 Å². The quantitative estimate of drug-likeness (QED) is 0.435. The van der Waals surface area contributed by atoms with Crippen LogP contribution in [0.2, 0.25) is 10.0 Å². The lowest BCUT2D eigenvalue weighted by atomic mass is 9.86. The fourth-order valence-corrected chi connectivity index (χ4v) is 3.74. The maximum atomic E-state index is 12.6. The number of benzene rings is 3. The highest BCUT2D eigenvalue weighted by Crippen LogP contribution is 2.28. The van der Waals surface area contributed by atoms with Gasteiger partial charge in [-0.05, 0) is 51.4 Å². The van der Waals surface area contributed by atoms with Crippen LogP contribution in [0.1, 0.15) is 47.8 Å². The lowest BCUT2D eigenvalue weighted by Gasteiger charge is -2.19. The van der Waals surface area contributed by atoms with Crippen molar-refractivity contribution >= 4 is 35.0 Å². The molecule has 0 atom stereocenters. The zero-order valence-corrected chi connectivity index (χ0v) is 19.2. The van der Waals surface area contributed by atoms with Crippen LogP contribution in [-0.2, 0) is 23.1 Å². The molecule has 5 heteroatoms. The Morgan fingerprint density at radius 1 is 0.806 bits per heavy atom. The van der Waals surface area contributed by atoms with E-state index in [1.165, 1.54) is 5.56 Å². The van der Waals surface area contributed by atoms with Gasteiger partial charge in [0.15, 0.2) is 0 Å².